The molecule has 1 aliphatic rings. The number of carbonyl (C=O) groups is 3. The van der Waals surface area contributed by atoms with Gasteiger partial charge in [-0.3, -0.25) is 4.79 Å². The first-order chi connectivity index (χ1) is 13.9. The molecule has 0 unspecified atom stereocenters. The number of methoxy groups -OCH3 is 2. The van der Waals surface area contributed by atoms with Crippen LogP contribution in [0.1, 0.15) is 22.0 Å². The summed E-state index contributed by atoms with van der Waals surface area (Å²) < 4.78 is 9.80. The Hall–Kier alpha value is -3.81. The van der Waals surface area contributed by atoms with E-state index in [1.165, 1.54) is 7.11 Å². The average Bonchev–Trinajstić information content (AvgIpc) is 2.73. The van der Waals surface area contributed by atoms with Gasteiger partial charge in [-0.15, -0.1) is 0 Å². The zero-order valence-corrected chi connectivity index (χ0v) is 16.0. The van der Waals surface area contributed by atoms with Crippen LogP contribution in [0.4, 0.5) is 10.5 Å². The molecule has 8 heteroatoms. The van der Waals surface area contributed by atoms with Crippen molar-refractivity contribution in [1.82, 2.24) is 10.6 Å². The minimum Gasteiger partial charge on any atom is -0.497 e. The molecule has 150 valence electrons. The number of amides is 3. The van der Waals surface area contributed by atoms with E-state index in [2.05, 4.69) is 22.5 Å². The number of carbonyl (C=O) groups excluding carboxylic acids is 3. The van der Waals surface area contributed by atoms with Crippen LogP contribution in [-0.4, -0.2) is 32.1 Å². The smallest absolute Gasteiger partial charge is 0.337 e. The Bertz CT molecular complexity index is 938. The van der Waals surface area contributed by atoms with Gasteiger partial charge in [0.15, 0.2) is 0 Å². The number of benzene rings is 2. The monoisotopic (exact) mass is 395 g/mol. The summed E-state index contributed by atoms with van der Waals surface area (Å²) in [6.45, 7) is 3.84. The summed E-state index contributed by atoms with van der Waals surface area (Å²) in [5.74, 6) is -0.903. The molecule has 3 rings (SSSR count). The molecule has 2 aromatic rings. The van der Waals surface area contributed by atoms with Crippen LogP contribution >= 0.6 is 0 Å². The van der Waals surface area contributed by atoms with Crippen LogP contribution in [0.2, 0.25) is 0 Å². The first-order valence-corrected chi connectivity index (χ1v) is 8.82. The van der Waals surface area contributed by atoms with Crippen molar-refractivity contribution in [2.24, 2.45) is 5.92 Å². The van der Waals surface area contributed by atoms with E-state index in [1.54, 1.807) is 55.6 Å². The van der Waals surface area contributed by atoms with Crippen molar-refractivity contribution in [1.29, 1.82) is 0 Å². The topological polar surface area (TPSA) is 106 Å². The third-order valence-electron chi connectivity index (χ3n) is 4.60. The van der Waals surface area contributed by atoms with Crippen LogP contribution < -0.4 is 20.7 Å². The van der Waals surface area contributed by atoms with Gasteiger partial charge in [0.2, 0.25) is 5.91 Å². The van der Waals surface area contributed by atoms with E-state index in [-0.39, 0.29) is 11.6 Å². The summed E-state index contributed by atoms with van der Waals surface area (Å²) in [6, 6.07) is 12.3. The van der Waals surface area contributed by atoms with Crippen LogP contribution in [0.3, 0.4) is 0 Å². The molecule has 0 saturated carbocycles. The number of anilines is 1. The van der Waals surface area contributed by atoms with E-state index in [9.17, 15) is 14.4 Å². The third-order valence-corrected chi connectivity index (χ3v) is 4.60. The van der Waals surface area contributed by atoms with E-state index in [1.807, 2.05) is 0 Å². The first kappa shape index (κ1) is 19.9. The van der Waals surface area contributed by atoms with Crippen LogP contribution in [-0.2, 0) is 9.53 Å². The summed E-state index contributed by atoms with van der Waals surface area (Å²) in [6.07, 6.45) is 0. The molecule has 0 spiro atoms. The van der Waals surface area contributed by atoms with E-state index in [0.29, 0.717) is 22.6 Å². The molecule has 8 nitrogen and oxygen atoms in total. The van der Waals surface area contributed by atoms with E-state index in [4.69, 9.17) is 9.47 Å². The lowest BCUT2D eigenvalue weighted by molar-refractivity contribution is -0.119. The summed E-state index contributed by atoms with van der Waals surface area (Å²) in [7, 11) is 2.86. The van der Waals surface area contributed by atoms with Crippen molar-refractivity contribution in [3.05, 3.63) is 71.9 Å². The molecule has 2 aromatic carbocycles. The Kier molecular flexibility index (Phi) is 5.82. The molecule has 3 N–H and O–H groups in total. The van der Waals surface area contributed by atoms with Gasteiger partial charge in [-0.1, -0.05) is 18.7 Å². The Morgan fingerprint density at radius 1 is 1.03 bits per heavy atom. The highest BCUT2D eigenvalue weighted by molar-refractivity contribution is 5.97. The SMILES string of the molecule is C=C1NC(=O)N[C@H](c2ccc(C(=O)OC)cc2)[C@H]1C(=O)Nc1ccc(OC)cc1. The Labute approximate surface area is 167 Å². The lowest BCUT2D eigenvalue weighted by atomic mass is 9.88. The van der Waals surface area contributed by atoms with Crippen LogP contribution in [0.5, 0.6) is 5.75 Å². The largest absolute Gasteiger partial charge is 0.497 e. The highest BCUT2D eigenvalue weighted by Crippen LogP contribution is 2.31. The Morgan fingerprint density at radius 2 is 1.69 bits per heavy atom. The second-order valence-electron chi connectivity index (χ2n) is 6.41. The maximum atomic E-state index is 13.0. The van der Waals surface area contributed by atoms with Crippen LogP contribution in [0, 0.1) is 5.92 Å². The molecule has 0 aromatic heterocycles. The molecular formula is C21H21N3O5. The molecule has 1 aliphatic heterocycles. The molecule has 1 fully saturated rings. The van der Waals surface area contributed by atoms with E-state index >= 15 is 0 Å². The Balaban J connectivity index is 1.84. The lowest BCUT2D eigenvalue weighted by Crippen LogP contribution is -2.51. The molecular weight excluding hydrogens is 374 g/mol. The fraction of sp³-hybridized carbons (Fsp3) is 0.190. The normalized spacial score (nSPS) is 18.3. The standard InChI is InChI=1S/C21H21N3O5/c1-12-17(19(25)23-15-8-10-16(28-2)11-9-15)18(24-21(27)22-12)13-4-6-14(7-5-13)20(26)29-3/h4-11,17-18H,1H2,2-3H3,(H,23,25)(H2,22,24,27)/t17-,18+/m0/s1. The number of hydrogen-bond acceptors (Lipinski definition) is 5. The van der Waals surface area contributed by atoms with Gasteiger partial charge in [-0.2, -0.15) is 0 Å². The predicted octanol–water partition coefficient (Wildman–Crippen LogP) is 2.60. The molecule has 0 aliphatic carbocycles. The maximum Gasteiger partial charge on any atom is 0.337 e. The van der Waals surface area contributed by atoms with Crippen molar-refractivity contribution in [2.45, 2.75) is 6.04 Å². The van der Waals surface area contributed by atoms with Gasteiger partial charge >= 0.3 is 12.0 Å². The molecule has 29 heavy (non-hydrogen) atoms. The number of nitrogens with one attached hydrogen (secondary N) is 3. The molecule has 0 bridgehead atoms. The highest BCUT2D eigenvalue weighted by Gasteiger charge is 2.37. The van der Waals surface area contributed by atoms with Gasteiger partial charge in [-0.05, 0) is 42.0 Å². The van der Waals surface area contributed by atoms with E-state index in [0.717, 1.165) is 0 Å². The van der Waals surface area contributed by atoms with Crippen molar-refractivity contribution in [3.63, 3.8) is 0 Å². The number of urea groups is 1. The minimum absolute atomic E-state index is 0.279. The van der Waals surface area contributed by atoms with Gasteiger partial charge in [0.05, 0.1) is 25.8 Å². The van der Waals surface area contributed by atoms with Gasteiger partial charge in [0.1, 0.15) is 11.7 Å². The third kappa shape index (κ3) is 4.37. The highest BCUT2D eigenvalue weighted by atomic mass is 16.5. The van der Waals surface area contributed by atoms with Gasteiger partial charge in [0.25, 0.3) is 0 Å². The summed E-state index contributed by atoms with van der Waals surface area (Å²) in [5, 5.41) is 8.13. The fourth-order valence-corrected chi connectivity index (χ4v) is 3.11. The second-order valence-corrected chi connectivity index (χ2v) is 6.41. The van der Waals surface area contributed by atoms with Gasteiger partial charge in [-0.25, -0.2) is 9.59 Å². The van der Waals surface area contributed by atoms with E-state index < -0.39 is 24.0 Å². The zero-order chi connectivity index (χ0) is 21.0. The summed E-state index contributed by atoms with van der Waals surface area (Å²) in [4.78, 5) is 36.6. The molecule has 1 heterocycles. The summed E-state index contributed by atoms with van der Waals surface area (Å²) >= 11 is 0. The minimum atomic E-state index is -0.765. The molecule has 2 atom stereocenters. The number of ether oxygens (including phenoxy) is 2. The van der Waals surface area contributed by atoms with Gasteiger partial charge < -0.3 is 25.4 Å². The number of hydrogen-bond donors (Lipinski definition) is 3. The number of rotatable bonds is 5. The van der Waals surface area contributed by atoms with Crippen molar-refractivity contribution in [2.75, 3.05) is 19.5 Å². The van der Waals surface area contributed by atoms with Crippen LogP contribution in [0.15, 0.2) is 60.8 Å². The zero-order valence-electron chi connectivity index (χ0n) is 16.0. The second kappa shape index (κ2) is 8.47. The quantitative estimate of drug-likeness (QED) is 0.675. The molecule has 0 radical (unpaired) electrons. The Morgan fingerprint density at radius 3 is 2.28 bits per heavy atom. The predicted molar refractivity (Wildman–Crippen MR) is 106 cm³/mol. The van der Waals surface area contributed by atoms with Crippen molar-refractivity contribution < 1.29 is 23.9 Å². The van der Waals surface area contributed by atoms with Gasteiger partial charge in [0, 0.05) is 11.4 Å². The first-order valence-electron chi connectivity index (χ1n) is 8.82. The molecule has 3 amide bonds. The van der Waals surface area contributed by atoms with Crippen LogP contribution in [0.25, 0.3) is 0 Å². The van der Waals surface area contributed by atoms with Crippen molar-refractivity contribution >= 4 is 23.6 Å². The lowest BCUT2D eigenvalue weighted by Gasteiger charge is -2.34. The maximum absolute atomic E-state index is 13.0. The van der Waals surface area contributed by atoms with Crippen molar-refractivity contribution in [3.8, 4) is 5.75 Å². The fourth-order valence-electron chi connectivity index (χ4n) is 3.11. The number of esters is 1. The molecule has 1 saturated heterocycles. The average molecular weight is 395 g/mol. The summed E-state index contributed by atoms with van der Waals surface area (Å²) in [5.41, 5.74) is 1.89.